The average molecular weight is 396 g/mol. The first-order chi connectivity index (χ1) is 13.9. The van der Waals surface area contributed by atoms with E-state index < -0.39 is 17.8 Å². The fraction of sp³-hybridized carbons (Fsp3) is 0.318. The zero-order chi connectivity index (χ0) is 21.0. The number of para-hydroxylation sites is 2. The molecule has 0 unspecified atom stereocenters. The lowest BCUT2D eigenvalue weighted by Crippen LogP contribution is -2.49. The minimum absolute atomic E-state index is 0.121. The third-order valence-electron chi connectivity index (χ3n) is 4.81. The Hall–Kier alpha value is -3.22. The molecule has 0 radical (unpaired) electrons. The number of carbonyl (C=O) groups excluding carboxylic acids is 2. The SMILES string of the molecule is CCn1c(CNC(=O)[C@@H](NC(=O)c2ccc(F)cc2)C(C)C)nc2ccccc21. The third-order valence-corrected chi connectivity index (χ3v) is 4.81. The molecule has 0 saturated carbocycles. The van der Waals surface area contributed by atoms with Crippen molar-refractivity contribution in [2.75, 3.05) is 0 Å². The molecule has 0 aliphatic heterocycles. The fourth-order valence-corrected chi connectivity index (χ4v) is 3.25. The second-order valence-electron chi connectivity index (χ2n) is 7.18. The second kappa shape index (κ2) is 8.86. The monoisotopic (exact) mass is 396 g/mol. The van der Waals surface area contributed by atoms with Crippen molar-refractivity contribution in [1.82, 2.24) is 20.2 Å². The lowest BCUT2D eigenvalue weighted by Gasteiger charge is -2.22. The fourth-order valence-electron chi connectivity index (χ4n) is 3.25. The summed E-state index contributed by atoms with van der Waals surface area (Å²) >= 11 is 0. The zero-order valence-electron chi connectivity index (χ0n) is 16.8. The molecule has 0 fully saturated rings. The van der Waals surface area contributed by atoms with Crippen molar-refractivity contribution in [3.05, 3.63) is 65.7 Å². The van der Waals surface area contributed by atoms with Gasteiger partial charge in [0.05, 0.1) is 17.6 Å². The highest BCUT2D eigenvalue weighted by molar-refractivity contribution is 5.97. The first-order valence-corrected chi connectivity index (χ1v) is 9.69. The Morgan fingerprint density at radius 1 is 1.10 bits per heavy atom. The van der Waals surface area contributed by atoms with Crippen molar-refractivity contribution in [2.45, 2.75) is 39.9 Å². The molecule has 29 heavy (non-hydrogen) atoms. The molecule has 0 aliphatic rings. The highest BCUT2D eigenvalue weighted by atomic mass is 19.1. The Kier molecular flexibility index (Phi) is 6.26. The molecule has 1 heterocycles. The van der Waals surface area contributed by atoms with Crippen LogP contribution >= 0.6 is 0 Å². The molecule has 6 nitrogen and oxygen atoms in total. The molecule has 1 aromatic heterocycles. The summed E-state index contributed by atoms with van der Waals surface area (Å²) in [4.78, 5) is 29.8. The summed E-state index contributed by atoms with van der Waals surface area (Å²) in [6.45, 7) is 6.74. The van der Waals surface area contributed by atoms with E-state index in [0.717, 1.165) is 23.4 Å². The molecule has 7 heteroatoms. The number of hydrogen-bond donors (Lipinski definition) is 2. The van der Waals surface area contributed by atoms with Gasteiger partial charge in [-0.15, -0.1) is 0 Å². The molecule has 3 rings (SSSR count). The van der Waals surface area contributed by atoms with Crippen LogP contribution in [0.2, 0.25) is 0 Å². The lowest BCUT2D eigenvalue weighted by atomic mass is 10.0. The van der Waals surface area contributed by atoms with Gasteiger partial charge >= 0.3 is 0 Å². The number of aromatic nitrogens is 2. The van der Waals surface area contributed by atoms with Gasteiger partial charge in [-0.25, -0.2) is 9.37 Å². The van der Waals surface area contributed by atoms with Gasteiger partial charge in [0.15, 0.2) is 0 Å². The van der Waals surface area contributed by atoms with Crippen molar-refractivity contribution in [1.29, 1.82) is 0 Å². The van der Waals surface area contributed by atoms with Gasteiger partial charge in [0.25, 0.3) is 5.91 Å². The van der Waals surface area contributed by atoms with Gasteiger partial charge in [0.1, 0.15) is 17.7 Å². The summed E-state index contributed by atoms with van der Waals surface area (Å²) in [5, 5.41) is 5.63. The van der Waals surface area contributed by atoms with Crippen molar-refractivity contribution in [3.8, 4) is 0 Å². The maximum atomic E-state index is 13.1. The summed E-state index contributed by atoms with van der Waals surface area (Å²) in [5.41, 5.74) is 2.20. The van der Waals surface area contributed by atoms with Gasteiger partial charge in [-0.05, 0) is 49.2 Å². The predicted molar refractivity (Wildman–Crippen MR) is 110 cm³/mol. The Morgan fingerprint density at radius 2 is 1.79 bits per heavy atom. The molecule has 1 atom stereocenters. The van der Waals surface area contributed by atoms with Crippen molar-refractivity contribution in [2.24, 2.45) is 5.92 Å². The number of aryl methyl sites for hydroxylation is 1. The number of rotatable bonds is 7. The largest absolute Gasteiger partial charge is 0.347 e. The number of amides is 2. The number of halogens is 1. The summed E-state index contributed by atoms with van der Waals surface area (Å²) in [7, 11) is 0. The summed E-state index contributed by atoms with van der Waals surface area (Å²) in [6, 6.07) is 12.3. The molecule has 0 bridgehead atoms. The zero-order valence-corrected chi connectivity index (χ0v) is 16.8. The van der Waals surface area contributed by atoms with Gasteiger partial charge in [-0.2, -0.15) is 0 Å². The molecule has 2 amide bonds. The van der Waals surface area contributed by atoms with Crippen molar-refractivity contribution >= 4 is 22.8 Å². The Bertz CT molecular complexity index is 1010. The second-order valence-corrected chi connectivity index (χ2v) is 7.18. The van der Waals surface area contributed by atoms with Crippen LogP contribution in [-0.2, 0) is 17.9 Å². The van der Waals surface area contributed by atoms with Crippen molar-refractivity contribution < 1.29 is 14.0 Å². The number of nitrogens with one attached hydrogen (secondary N) is 2. The van der Waals surface area contributed by atoms with Gasteiger partial charge in [-0.3, -0.25) is 9.59 Å². The van der Waals surface area contributed by atoms with E-state index in [1.165, 1.54) is 24.3 Å². The van der Waals surface area contributed by atoms with Crippen LogP contribution in [0.25, 0.3) is 11.0 Å². The van der Waals surface area contributed by atoms with E-state index in [4.69, 9.17) is 0 Å². The molecule has 2 N–H and O–H groups in total. The first-order valence-electron chi connectivity index (χ1n) is 9.69. The third kappa shape index (κ3) is 4.62. The number of benzene rings is 2. The van der Waals surface area contributed by atoms with E-state index in [-0.39, 0.29) is 18.4 Å². The topological polar surface area (TPSA) is 76.0 Å². The van der Waals surface area contributed by atoms with E-state index in [9.17, 15) is 14.0 Å². The predicted octanol–water partition coefficient (Wildman–Crippen LogP) is 3.27. The number of fused-ring (bicyclic) bond motifs is 1. The molecular weight excluding hydrogens is 371 g/mol. The maximum absolute atomic E-state index is 13.1. The number of hydrogen-bond acceptors (Lipinski definition) is 3. The van der Waals surface area contributed by atoms with E-state index in [0.29, 0.717) is 5.56 Å². The summed E-state index contributed by atoms with van der Waals surface area (Å²) < 4.78 is 15.1. The van der Waals surface area contributed by atoms with E-state index in [2.05, 4.69) is 20.2 Å². The van der Waals surface area contributed by atoms with Crippen LogP contribution in [0.1, 0.15) is 37.0 Å². The summed E-state index contributed by atoms with van der Waals surface area (Å²) in [5.74, 6) is -0.484. The molecule has 3 aromatic rings. The van der Waals surface area contributed by atoms with Crippen LogP contribution in [0.3, 0.4) is 0 Å². The molecule has 152 valence electrons. The number of carbonyl (C=O) groups is 2. The standard InChI is InChI=1S/C22H25FN4O2/c1-4-27-18-8-6-5-7-17(18)25-19(27)13-24-22(29)20(14(2)3)26-21(28)15-9-11-16(23)12-10-15/h5-12,14,20H,4,13H2,1-3H3,(H,24,29)(H,26,28)/t20-/m0/s1. The van der Waals surface area contributed by atoms with E-state index >= 15 is 0 Å². The van der Waals surface area contributed by atoms with Crippen LogP contribution in [0.5, 0.6) is 0 Å². The van der Waals surface area contributed by atoms with Crippen LogP contribution in [0, 0.1) is 11.7 Å². The highest BCUT2D eigenvalue weighted by Gasteiger charge is 2.25. The Morgan fingerprint density at radius 3 is 2.45 bits per heavy atom. The van der Waals surface area contributed by atoms with Crippen molar-refractivity contribution in [3.63, 3.8) is 0 Å². The highest BCUT2D eigenvalue weighted by Crippen LogP contribution is 2.16. The van der Waals surface area contributed by atoms with E-state index in [1.54, 1.807) is 0 Å². The van der Waals surface area contributed by atoms with Gasteiger partial charge < -0.3 is 15.2 Å². The molecule has 2 aromatic carbocycles. The van der Waals surface area contributed by atoms with Gasteiger partial charge in [-0.1, -0.05) is 26.0 Å². The van der Waals surface area contributed by atoms with Crippen LogP contribution in [0.4, 0.5) is 4.39 Å². The van der Waals surface area contributed by atoms with Crippen LogP contribution < -0.4 is 10.6 Å². The normalized spacial score (nSPS) is 12.2. The molecular formula is C22H25FN4O2. The molecule has 0 aliphatic carbocycles. The number of nitrogens with zero attached hydrogens (tertiary/aromatic N) is 2. The quantitative estimate of drug-likeness (QED) is 0.644. The van der Waals surface area contributed by atoms with Crippen LogP contribution in [-0.4, -0.2) is 27.4 Å². The molecule has 0 spiro atoms. The first kappa shape index (κ1) is 20.5. The minimum atomic E-state index is -0.716. The van der Waals surface area contributed by atoms with Gasteiger partial charge in [0, 0.05) is 12.1 Å². The minimum Gasteiger partial charge on any atom is -0.347 e. The smallest absolute Gasteiger partial charge is 0.251 e. The average Bonchev–Trinajstić information content (AvgIpc) is 3.07. The van der Waals surface area contributed by atoms with Crippen LogP contribution in [0.15, 0.2) is 48.5 Å². The van der Waals surface area contributed by atoms with Gasteiger partial charge in [0.2, 0.25) is 5.91 Å². The Balaban J connectivity index is 1.70. The molecule has 0 saturated heterocycles. The maximum Gasteiger partial charge on any atom is 0.251 e. The van der Waals surface area contributed by atoms with E-state index in [1.807, 2.05) is 45.0 Å². The summed E-state index contributed by atoms with van der Waals surface area (Å²) in [6.07, 6.45) is 0. The number of imidazole rings is 1. The Labute approximate surface area is 169 Å². The lowest BCUT2D eigenvalue weighted by molar-refractivity contribution is -0.124.